The van der Waals surface area contributed by atoms with Gasteiger partial charge in [-0.15, -0.1) is 0 Å². The van der Waals surface area contributed by atoms with Gasteiger partial charge in [-0.2, -0.15) is 5.10 Å². The molecule has 3 atom stereocenters. The van der Waals surface area contributed by atoms with E-state index in [1.54, 1.807) is 19.1 Å². The molecule has 2 aromatic rings. The van der Waals surface area contributed by atoms with E-state index in [4.69, 9.17) is 0 Å². The lowest BCUT2D eigenvalue weighted by Gasteiger charge is -2.32. The Labute approximate surface area is 158 Å². The van der Waals surface area contributed by atoms with Crippen LogP contribution in [-0.4, -0.2) is 51.1 Å². The first-order valence-corrected chi connectivity index (χ1v) is 9.35. The first-order chi connectivity index (χ1) is 13.1. The van der Waals surface area contributed by atoms with Gasteiger partial charge in [-0.05, 0) is 63.5 Å². The van der Waals surface area contributed by atoms with E-state index in [0.717, 1.165) is 44.6 Å². The maximum Gasteiger partial charge on any atom is 0.249 e. The first-order valence-electron chi connectivity index (χ1n) is 9.35. The van der Waals surface area contributed by atoms with Crippen molar-refractivity contribution >= 4 is 23.2 Å². The summed E-state index contributed by atoms with van der Waals surface area (Å²) in [6, 6.07) is 6.77. The van der Waals surface area contributed by atoms with Gasteiger partial charge in [0.25, 0.3) is 0 Å². The zero-order valence-corrected chi connectivity index (χ0v) is 15.4. The number of fused-ring (bicyclic) bond motifs is 2. The molecular weight excluding hydrogens is 344 g/mol. The van der Waals surface area contributed by atoms with Gasteiger partial charge < -0.3 is 15.5 Å². The number of piperidine rings is 1. The van der Waals surface area contributed by atoms with Gasteiger partial charge in [-0.1, -0.05) is 0 Å². The van der Waals surface area contributed by atoms with Gasteiger partial charge in [0.1, 0.15) is 18.7 Å². The van der Waals surface area contributed by atoms with Crippen LogP contribution in [0.15, 0.2) is 36.9 Å². The van der Waals surface area contributed by atoms with E-state index in [0.29, 0.717) is 5.69 Å². The largest absolute Gasteiger partial charge is 0.326 e. The third kappa shape index (κ3) is 3.57. The van der Waals surface area contributed by atoms with Crippen molar-refractivity contribution in [1.82, 2.24) is 19.7 Å². The van der Waals surface area contributed by atoms with Gasteiger partial charge in [0.15, 0.2) is 0 Å². The predicted molar refractivity (Wildman–Crippen MR) is 101 cm³/mol. The Bertz CT molecular complexity index is 815. The second-order valence-electron chi connectivity index (χ2n) is 7.48. The molecule has 0 spiro atoms. The van der Waals surface area contributed by atoms with Gasteiger partial charge >= 0.3 is 0 Å². The molecule has 1 aromatic heterocycles. The smallest absolute Gasteiger partial charge is 0.249 e. The summed E-state index contributed by atoms with van der Waals surface area (Å²) in [7, 11) is 0. The average molecular weight is 368 g/mol. The van der Waals surface area contributed by atoms with Crippen LogP contribution in [0.3, 0.4) is 0 Å². The number of anilines is 2. The fraction of sp³-hybridized carbons (Fsp3) is 0.474. The van der Waals surface area contributed by atoms with Gasteiger partial charge in [-0.3, -0.25) is 9.59 Å². The molecule has 2 saturated heterocycles. The van der Waals surface area contributed by atoms with Gasteiger partial charge in [-0.25, -0.2) is 9.67 Å². The van der Waals surface area contributed by atoms with E-state index < -0.39 is 6.04 Å². The summed E-state index contributed by atoms with van der Waals surface area (Å²) in [6.45, 7) is 4.75. The fourth-order valence-corrected chi connectivity index (χ4v) is 3.98. The molecule has 3 unspecified atom stereocenters. The third-order valence-electron chi connectivity index (χ3n) is 5.67. The highest BCUT2D eigenvalue weighted by atomic mass is 16.2. The Balaban J connectivity index is 1.36. The highest BCUT2D eigenvalue weighted by Gasteiger charge is 2.46. The summed E-state index contributed by atoms with van der Waals surface area (Å²) in [5, 5.41) is 9.89. The van der Waals surface area contributed by atoms with Crippen LogP contribution in [-0.2, 0) is 9.59 Å². The normalized spacial score (nSPS) is 25.0. The minimum absolute atomic E-state index is 0.112. The fourth-order valence-electron chi connectivity index (χ4n) is 3.98. The molecule has 8 heteroatoms. The van der Waals surface area contributed by atoms with Crippen molar-refractivity contribution < 1.29 is 9.59 Å². The van der Waals surface area contributed by atoms with E-state index in [9.17, 15) is 9.59 Å². The number of carbonyl (C=O) groups excluding carboxylic acids is 2. The van der Waals surface area contributed by atoms with Gasteiger partial charge in [0.2, 0.25) is 11.8 Å². The van der Waals surface area contributed by atoms with Crippen LogP contribution >= 0.6 is 0 Å². The van der Waals surface area contributed by atoms with Crippen molar-refractivity contribution in [3.05, 3.63) is 36.9 Å². The molecule has 0 radical (unpaired) electrons. The number of benzene rings is 1. The third-order valence-corrected chi connectivity index (χ3v) is 5.67. The molecule has 4 rings (SSSR count). The van der Waals surface area contributed by atoms with E-state index in [2.05, 4.69) is 25.6 Å². The summed E-state index contributed by atoms with van der Waals surface area (Å²) in [4.78, 5) is 31.3. The Kier molecular flexibility index (Phi) is 4.65. The number of aromatic nitrogens is 3. The minimum atomic E-state index is -0.456. The predicted octanol–water partition coefficient (Wildman–Crippen LogP) is 1.90. The second-order valence-corrected chi connectivity index (χ2v) is 7.48. The Morgan fingerprint density at radius 3 is 2.56 bits per heavy atom. The van der Waals surface area contributed by atoms with E-state index in [1.165, 1.54) is 17.3 Å². The summed E-state index contributed by atoms with van der Waals surface area (Å²) < 4.78 is 1.50. The summed E-state index contributed by atoms with van der Waals surface area (Å²) in [6.07, 6.45) is 5.90. The molecule has 2 aliphatic rings. The zero-order chi connectivity index (χ0) is 18.9. The molecule has 2 fully saturated rings. The molecule has 3 heterocycles. The summed E-state index contributed by atoms with van der Waals surface area (Å²) in [5.41, 5.74) is 1.19. The van der Waals surface area contributed by atoms with Crippen LogP contribution in [0.5, 0.6) is 0 Å². The van der Waals surface area contributed by atoms with Crippen molar-refractivity contribution in [2.45, 2.75) is 32.2 Å². The van der Waals surface area contributed by atoms with Gasteiger partial charge in [0, 0.05) is 17.9 Å². The number of hydrogen-bond acceptors (Lipinski definition) is 5. The number of amides is 2. The lowest BCUT2D eigenvalue weighted by Crippen LogP contribution is -2.42. The number of rotatable bonds is 5. The molecule has 2 N–H and O–H groups in total. The van der Waals surface area contributed by atoms with E-state index in [-0.39, 0.29) is 17.2 Å². The lowest BCUT2D eigenvalue weighted by atomic mass is 9.80. The van der Waals surface area contributed by atoms with Crippen LogP contribution < -0.4 is 10.6 Å². The second kappa shape index (κ2) is 7.11. The van der Waals surface area contributed by atoms with Crippen LogP contribution in [0, 0.1) is 5.41 Å². The summed E-state index contributed by atoms with van der Waals surface area (Å²) in [5.74, 6) is -0.0642. The molecule has 2 amide bonds. The first kappa shape index (κ1) is 17.7. The molecule has 2 bridgehead atoms. The number of nitrogens with one attached hydrogen (secondary N) is 2. The number of hydrogen-bond donors (Lipinski definition) is 2. The molecule has 27 heavy (non-hydrogen) atoms. The molecule has 142 valence electrons. The highest BCUT2D eigenvalue weighted by Crippen LogP contribution is 2.40. The van der Waals surface area contributed by atoms with Crippen molar-refractivity contribution in [1.29, 1.82) is 0 Å². The maximum absolute atomic E-state index is 12.8. The van der Waals surface area contributed by atoms with E-state index in [1.807, 2.05) is 12.1 Å². The number of carbonyl (C=O) groups is 2. The van der Waals surface area contributed by atoms with Crippen LogP contribution in [0.25, 0.3) is 0 Å². The van der Waals surface area contributed by atoms with Gasteiger partial charge in [0.05, 0.1) is 5.41 Å². The quantitative estimate of drug-likeness (QED) is 0.841. The summed E-state index contributed by atoms with van der Waals surface area (Å²) >= 11 is 0. The Hall–Kier alpha value is -2.74. The Morgan fingerprint density at radius 2 is 1.85 bits per heavy atom. The van der Waals surface area contributed by atoms with Crippen LogP contribution in [0.1, 0.15) is 32.2 Å². The van der Waals surface area contributed by atoms with Crippen molar-refractivity contribution in [2.75, 3.05) is 30.3 Å². The van der Waals surface area contributed by atoms with Crippen LogP contribution in [0.2, 0.25) is 0 Å². The average Bonchev–Trinajstić information content (AvgIpc) is 3.31. The SMILES string of the molecule is CC(C(=O)Nc1ccc(NC(=O)C23CCCN(CC2)C3)cc1)n1cncn1. The van der Waals surface area contributed by atoms with Crippen LogP contribution in [0.4, 0.5) is 11.4 Å². The monoisotopic (exact) mass is 368 g/mol. The Morgan fingerprint density at radius 1 is 1.11 bits per heavy atom. The highest BCUT2D eigenvalue weighted by molar-refractivity contribution is 5.97. The number of nitrogens with zero attached hydrogens (tertiary/aromatic N) is 4. The zero-order valence-electron chi connectivity index (χ0n) is 15.4. The molecule has 2 aliphatic heterocycles. The molecule has 8 nitrogen and oxygen atoms in total. The molecular formula is C19H24N6O2. The topological polar surface area (TPSA) is 92.2 Å². The van der Waals surface area contributed by atoms with Crippen molar-refractivity contribution in [3.63, 3.8) is 0 Å². The molecule has 0 saturated carbocycles. The van der Waals surface area contributed by atoms with Crippen molar-refractivity contribution in [3.8, 4) is 0 Å². The maximum atomic E-state index is 12.8. The van der Waals surface area contributed by atoms with Crippen molar-refractivity contribution in [2.24, 2.45) is 5.41 Å². The minimum Gasteiger partial charge on any atom is -0.326 e. The lowest BCUT2D eigenvalue weighted by molar-refractivity contribution is -0.126. The standard InChI is InChI=1S/C19H24N6O2/c1-14(25-13-20-12-21-25)17(26)22-15-3-5-16(6-4-15)23-18(27)19-7-2-9-24(11-19)10-8-19/h3-6,12-14H,2,7-11H2,1H3,(H,22,26)(H,23,27). The molecule has 1 aromatic carbocycles. The van der Waals surface area contributed by atoms with E-state index >= 15 is 0 Å². The molecule has 0 aliphatic carbocycles.